The first kappa shape index (κ1) is 32.1. The second kappa shape index (κ2) is 12.2. The van der Waals surface area contributed by atoms with E-state index in [1.807, 2.05) is 34.6 Å². The molecule has 2 amide bonds. The van der Waals surface area contributed by atoms with Gasteiger partial charge in [-0.25, -0.2) is 23.1 Å². The van der Waals surface area contributed by atoms with Crippen LogP contribution in [0.15, 0.2) is 48.7 Å². The van der Waals surface area contributed by atoms with E-state index in [2.05, 4.69) is 14.9 Å². The zero-order valence-electron chi connectivity index (χ0n) is 28.2. The highest BCUT2D eigenvalue weighted by atomic mass is 19.3. The van der Waals surface area contributed by atoms with E-state index in [0.717, 1.165) is 80.5 Å². The summed E-state index contributed by atoms with van der Waals surface area (Å²) in [6.45, 7) is 3.02. The number of fused-ring (bicyclic) bond motifs is 4. The Balaban J connectivity index is 1.07. The first-order valence-electron chi connectivity index (χ1n) is 18.0. The summed E-state index contributed by atoms with van der Waals surface area (Å²) >= 11 is 0. The van der Waals surface area contributed by atoms with Crippen LogP contribution in [0, 0.1) is 17.7 Å². The molecule has 0 radical (unpaired) electrons. The maximum atomic E-state index is 16.2. The average Bonchev–Trinajstić information content (AvgIpc) is 4.03. The highest BCUT2D eigenvalue weighted by molar-refractivity contribution is 5.99. The highest BCUT2D eigenvalue weighted by Gasteiger charge is 2.41. The minimum atomic E-state index is -2.71. The Labute approximate surface area is 292 Å². The molecule has 2 bridgehead atoms. The quantitative estimate of drug-likeness (QED) is 0.177. The summed E-state index contributed by atoms with van der Waals surface area (Å²) in [6, 6.07) is 11.1. The minimum Gasteiger partial charge on any atom is -0.344 e. The molecule has 1 aromatic carbocycles. The number of nitrogens with one attached hydrogen (secondary N) is 1. The second-order valence-corrected chi connectivity index (χ2v) is 14.9. The van der Waals surface area contributed by atoms with Crippen LogP contribution in [0.1, 0.15) is 102 Å². The van der Waals surface area contributed by atoms with Gasteiger partial charge in [-0.05, 0) is 106 Å². The zero-order chi connectivity index (χ0) is 35.1. The van der Waals surface area contributed by atoms with Crippen LogP contribution >= 0.6 is 0 Å². The Hall–Kier alpha value is -4.78. The van der Waals surface area contributed by atoms with Crippen molar-refractivity contribution in [1.29, 1.82) is 0 Å². The van der Waals surface area contributed by atoms with E-state index in [1.165, 1.54) is 12.1 Å². The van der Waals surface area contributed by atoms with Crippen molar-refractivity contribution in [2.24, 2.45) is 17.6 Å². The van der Waals surface area contributed by atoms with Crippen molar-refractivity contribution >= 4 is 33.9 Å². The van der Waals surface area contributed by atoms with Crippen molar-refractivity contribution in [1.82, 2.24) is 34.3 Å². The maximum absolute atomic E-state index is 16.2. The third-order valence-electron chi connectivity index (χ3n) is 11.3. The smallest absolute Gasteiger partial charge is 0.280 e. The molecule has 13 heteroatoms. The van der Waals surface area contributed by atoms with Crippen LogP contribution in [0.5, 0.6) is 0 Å². The lowest BCUT2D eigenvalue weighted by atomic mass is 9.94. The highest BCUT2D eigenvalue weighted by Crippen LogP contribution is 2.44. The molecule has 3 N–H and O–H groups in total. The van der Waals surface area contributed by atoms with E-state index in [4.69, 9.17) is 15.7 Å². The summed E-state index contributed by atoms with van der Waals surface area (Å²) in [5, 5.41) is 3.80. The van der Waals surface area contributed by atoms with Gasteiger partial charge < -0.3 is 25.1 Å². The largest absolute Gasteiger partial charge is 0.344 e. The molecule has 9 rings (SSSR count). The van der Waals surface area contributed by atoms with Crippen molar-refractivity contribution in [2.45, 2.75) is 89.0 Å². The fourth-order valence-electron chi connectivity index (χ4n) is 8.11. The van der Waals surface area contributed by atoms with E-state index < -0.39 is 24.2 Å². The molecular formula is C38H39F3N8O2. The number of benzene rings is 1. The number of hydrogen-bond acceptors (Lipinski definition) is 6. The molecule has 10 nitrogen and oxygen atoms in total. The third kappa shape index (κ3) is 5.75. The van der Waals surface area contributed by atoms with Crippen molar-refractivity contribution in [3.05, 3.63) is 77.0 Å². The van der Waals surface area contributed by atoms with Crippen LogP contribution in [0.3, 0.4) is 0 Å². The molecule has 3 saturated carbocycles. The lowest BCUT2D eigenvalue weighted by Gasteiger charge is -2.37. The summed E-state index contributed by atoms with van der Waals surface area (Å²) in [5.41, 5.74) is 9.55. The van der Waals surface area contributed by atoms with E-state index >= 15 is 4.39 Å². The standard InChI is InChI=1S/C38H39F3N8O2/c1-19(44-37(50)23-6-11-30(34(40)41)43-16-23)29-10-5-22-15-32(48(35(22)45-29)17-20-2-3-20)36-46-31-14-24(13-27(39)33(31)49(36)25-8-9-25)38(51)47-18-28(42)21-4-7-26(47)12-21/h5-6,10-11,13-16,19-21,25-26,28,34H,2-4,7-9,12,17-18,42H2,1H3,(H,44,50)/t19-,21+,26-,28+/m1/s1. The van der Waals surface area contributed by atoms with Gasteiger partial charge in [-0.3, -0.25) is 14.6 Å². The summed E-state index contributed by atoms with van der Waals surface area (Å²) in [7, 11) is 0. The predicted molar refractivity (Wildman–Crippen MR) is 185 cm³/mol. The molecule has 4 fully saturated rings. The number of carbonyl (C=O) groups is 2. The van der Waals surface area contributed by atoms with Gasteiger partial charge >= 0.3 is 0 Å². The third-order valence-corrected chi connectivity index (χ3v) is 11.3. The van der Waals surface area contributed by atoms with E-state index in [1.54, 1.807) is 6.07 Å². The Kier molecular flexibility index (Phi) is 7.68. The van der Waals surface area contributed by atoms with E-state index in [9.17, 15) is 18.4 Å². The molecule has 0 spiro atoms. The number of pyridine rings is 2. The van der Waals surface area contributed by atoms with Gasteiger partial charge in [0.15, 0.2) is 5.82 Å². The summed E-state index contributed by atoms with van der Waals surface area (Å²) in [6.07, 6.45) is 5.31. The number of piperidine rings is 1. The molecule has 4 aliphatic rings. The molecule has 264 valence electrons. The molecule has 1 aliphatic heterocycles. The second-order valence-electron chi connectivity index (χ2n) is 14.9. The fraction of sp³-hybridized carbons (Fsp3) is 0.447. The average molecular weight is 697 g/mol. The molecule has 5 heterocycles. The van der Waals surface area contributed by atoms with Crippen LogP contribution < -0.4 is 11.1 Å². The van der Waals surface area contributed by atoms with Crippen LogP contribution in [0.2, 0.25) is 0 Å². The monoisotopic (exact) mass is 696 g/mol. The zero-order valence-corrected chi connectivity index (χ0v) is 28.2. The number of hydrogen-bond donors (Lipinski definition) is 2. The lowest BCUT2D eigenvalue weighted by Crippen LogP contribution is -2.51. The van der Waals surface area contributed by atoms with Gasteiger partial charge in [0.2, 0.25) is 0 Å². The van der Waals surface area contributed by atoms with Crippen LogP contribution in [-0.4, -0.2) is 59.4 Å². The van der Waals surface area contributed by atoms with Crippen LogP contribution in [0.4, 0.5) is 13.2 Å². The molecule has 5 aromatic rings. The van der Waals surface area contributed by atoms with Crippen LogP contribution in [-0.2, 0) is 6.54 Å². The molecule has 3 aliphatic carbocycles. The van der Waals surface area contributed by atoms with Crippen molar-refractivity contribution in [3.63, 3.8) is 0 Å². The molecule has 51 heavy (non-hydrogen) atoms. The van der Waals surface area contributed by atoms with Crippen molar-refractivity contribution in [3.8, 4) is 11.5 Å². The Morgan fingerprint density at radius 1 is 0.961 bits per heavy atom. The topological polar surface area (TPSA) is 124 Å². The molecule has 0 unspecified atom stereocenters. The Morgan fingerprint density at radius 2 is 1.75 bits per heavy atom. The number of likely N-dealkylation sites (tertiary alicyclic amines) is 1. The number of carbonyl (C=O) groups excluding carboxylic acids is 2. The summed E-state index contributed by atoms with van der Waals surface area (Å²) < 4.78 is 46.3. The SMILES string of the molecule is C[C@@H](NC(=O)c1ccc(C(F)F)nc1)c1ccc2cc(-c3nc4cc(C(=O)N5C[C@H](N)[C@H]6CC[C@@H]5C6)cc(F)c4n3C3CC3)n(CC3CC3)c2n1. The number of nitrogens with two attached hydrogens (primary N) is 1. The number of nitrogens with zero attached hydrogens (tertiary/aromatic N) is 6. The fourth-order valence-corrected chi connectivity index (χ4v) is 8.11. The van der Waals surface area contributed by atoms with Gasteiger partial charge in [0.05, 0.1) is 28.5 Å². The normalized spacial score (nSPS) is 22.3. The van der Waals surface area contributed by atoms with Gasteiger partial charge in [-0.1, -0.05) is 0 Å². The Morgan fingerprint density at radius 3 is 2.47 bits per heavy atom. The summed E-state index contributed by atoms with van der Waals surface area (Å²) in [4.78, 5) is 42.4. The molecule has 4 atom stereocenters. The number of alkyl halides is 2. The Bertz CT molecular complexity index is 2190. The maximum Gasteiger partial charge on any atom is 0.280 e. The van der Waals surface area contributed by atoms with Crippen molar-refractivity contribution in [2.75, 3.05) is 6.54 Å². The minimum absolute atomic E-state index is 0.0616. The first-order valence-corrected chi connectivity index (χ1v) is 18.0. The number of aromatic nitrogens is 5. The van der Waals surface area contributed by atoms with Crippen molar-refractivity contribution < 1.29 is 22.8 Å². The van der Waals surface area contributed by atoms with E-state index in [-0.39, 0.29) is 35.3 Å². The molecular weight excluding hydrogens is 657 g/mol. The van der Waals surface area contributed by atoms with Crippen LogP contribution in [0.25, 0.3) is 33.6 Å². The van der Waals surface area contributed by atoms with Gasteiger partial charge in [-0.15, -0.1) is 0 Å². The molecule has 4 aromatic heterocycles. The van der Waals surface area contributed by atoms with Gasteiger partial charge in [-0.2, -0.15) is 0 Å². The number of amides is 2. The van der Waals surface area contributed by atoms with Gasteiger partial charge in [0.25, 0.3) is 18.2 Å². The molecule has 1 saturated heterocycles. The number of halogens is 3. The number of rotatable bonds is 9. The predicted octanol–water partition coefficient (Wildman–Crippen LogP) is 6.71. The van der Waals surface area contributed by atoms with Gasteiger partial charge in [0, 0.05) is 48.4 Å². The van der Waals surface area contributed by atoms with Gasteiger partial charge in [0.1, 0.15) is 22.7 Å². The number of imidazole rings is 1. The van der Waals surface area contributed by atoms with E-state index in [0.29, 0.717) is 46.5 Å². The summed E-state index contributed by atoms with van der Waals surface area (Å²) in [5.74, 6) is 0.484. The first-order chi connectivity index (χ1) is 24.6. The lowest BCUT2D eigenvalue weighted by molar-refractivity contribution is 0.0603.